The van der Waals surface area contributed by atoms with Crippen molar-refractivity contribution in [2.75, 3.05) is 31.3 Å². The maximum atomic E-state index is 6.42. The molecule has 6 rings (SSSR count). The van der Waals surface area contributed by atoms with E-state index >= 15 is 0 Å². The third-order valence-corrected chi connectivity index (χ3v) is 9.59. The van der Waals surface area contributed by atoms with Gasteiger partial charge in [-0.1, -0.05) is 18.9 Å². The molecule has 4 fully saturated rings. The Morgan fingerprint density at radius 3 is 2.73 bits per heavy atom. The Bertz CT molecular complexity index is 912. The fourth-order valence-corrected chi connectivity index (χ4v) is 7.88. The second-order valence-electron chi connectivity index (χ2n) is 10.6. The minimum Gasteiger partial charge on any atom is -0.377 e. The maximum absolute atomic E-state index is 6.42. The fraction of sp³-hybridized carbons (Fsp3) is 0.667. The van der Waals surface area contributed by atoms with Crippen molar-refractivity contribution in [1.82, 2.24) is 10.3 Å². The first-order valence-corrected chi connectivity index (χ1v) is 13.8. The number of aromatic nitrogens is 1. The summed E-state index contributed by atoms with van der Waals surface area (Å²) >= 11 is 1.89. The number of nitrogens with zero attached hydrogens (tertiary/aromatic N) is 2. The Labute approximate surface area is 201 Å². The zero-order valence-electron chi connectivity index (χ0n) is 19.6. The van der Waals surface area contributed by atoms with E-state index in [1.807, 2.05) is 23.6 Å². The molecule has 5 nitrogen and oxygen atoms in total. The smallest absolute Gasteiger partial charge is 0.0691 e. The summed E-state index contributed by atoms with van der Waals surface area (Å²) in [6.07, 6.45) is 12.9. The van der Waals surface area contributed by atoms with Crippen LogP contribution >= 0.6 is 11.3 Å². The van der Waals surface area contributed by atoms with Crippen molar-refractivity contribution < 1.29 is 9.47 Å². The Morgan fingerprint density at radius 1 is 1.09 bits per heavy atom. The lowest BCUT2D eigenvalue weighted by atomic mass is 9.68. The molecule has 1 aliphatic carbocycles. The number of fused-ring (bicyclic) bond motifs is 2. The first kappa shape index (κ1) is 22.0. The topological polar surface area (TPSA) is 46.6 Å². The highest BCUT2D eigenvalue weighted by Crippen LogP contribution is 2.49. The molecule has 3 atom stereocenters. The molecular weight excluding hydrogens is 430 g/mol. The molecule has 0 amide bonds. The van der Waals surface area contributed by atoms with Gasteiger partial charge in [-0.15, -0.1) is 11.3 Å². The minimum atomic E-state index is 0.0896. The predicted octanol–water partition coefficient (Wildman–Crippen LogP) is 5.05. The highest BCUT2D eigenvalue weighted by atomic mass is 32.1. The lowest BCUT2D eigenvalue weighted by Crippen LogP contribution is -2.47. The molecule has 33 heavy (non-hydrogen) atoms. The van der Waals surface area contributed by atoms with Gasteiger partial charge in [-0.2, -0.15) is 0 Å². The van der Waals surface area contributed by atoms with E-state index in [4.69, 9.17) is 14.5 Å². The van der Waals surface area contributed by atoms with Crippen LogP contribution in [-0.4, -0.2) is 49.0 Å². The van der Waals surface area contributed by atoms with Crippen molar-refractivity contribution in [2.24, 2.45) is 0 Å². The Kier molecular flexibility index (Phi) is 6.20. The second-order valence-corrected chi connectivity index (χ2v) is 11.6. The largest absolute Gasteiger partial charge is 0.377 e. The molecule has 1 saturated carbocycles. The van der Waals surface area contributed by atoms with Crippen LogP contribution in [0.3, 0.4) is 0 Å². The number of nitrogens with one attached hydrogen (secondary N) is 1. The molecule has 3 saturated heterocycles. The van der Waals surface area contributed by atoms with Crippen LogP contribution in [0, 0.1) is 0 Å². The van der Waals surface area contributed by atoms with Gasteiger partial charge in [0.05, 0.1) is 36.6 Å². The van der Waals surface area contributed by atoms with E-state index in [9.17, 15) is 0 Å². The molecule has 3 unspecified atom stereocenters. The molecule has 5 heterocycles. The average Bonchev–Trinajstić information content (AvgIpc) is 3.55. The van der Waals surface area contributed by atoms with Crippen LogP contribution < -0.4 is 10.2 Å². The van der Waals surface area contributed by atoms with Gasteiger partial charge in [-0.3, -0.25) is 4.98 Å². The van der Waals surface area contributed by atoms with Gasteiger partial charge < -0.3 is 19.7 Å². The zero-order valence-corrected chi connectivity index (χ0v) is 20.5. The second kappa shape index (κ2) is 9.29. The van der Waals surface area contributed by atoms with Crippen LogP contribution in [0.5, 0.6) is 0 Å². The first-order chi connectivity index (χ1) is 16.3. The Balaban J connectivity index is 1.13. The van der Waals surface area contributed by atoms with E-state index in [-0.39, 0.29) is 11.0 Å². The number of anilines is 1. The summed E-state index contributed by atoms with van der Waals surface area (Å²) in [5.74, 6) is 0. The van der Waals surface area contributed by atoms with Crippen LogP contribution in [0.25, 0.3) is 0 Å². The van der Waals surface area contributed by atoms with Crippen LogP contribution in [0.1, 0.15) is 68.4 Å². The van der Waals surface area contributed by atoms with Crippen LogP contribution in [0.15, 0.2) is 35.8 Å². The quantitative estimate of drug-likeness (QED) is 0.577. The summed E-state index contributed by atoms with van der Waals surface area (Å²) in [5, 5.41) is 6.08. The highest BCUT2D eigenvalue weighted by molar-refractivity contribution is 7.10. The number of rotatable bonds is 7. The lowest BCUT2D eigenvalue weighted by Gasteiger charge is -2.46. The fourth-order valence-electron chi connectivity index (χ4n) is 7.04. The summed E-state index contributed by atoms with van der Waals surface area (Å²) in [4.78, 5) is 8.99. The average molecular weight is 468 g/mol. The number of pyridine rings is 1. The molecule has 1 spiro atoms. The molecule has 2 aromatic rings. The van der Waals surface area contributed by atoms with Gasteiger partial charge in [0.1, 0.15) is 0 Å². The van der Waals surface area contributed by atoms with Gasteiger partial charge in [0.25, 0.3) is 0 Å². The van der Waals surface area contributed by atoms with Gasteiger partial charge in [-0.25, -0.2) is 0 Å². The molecule has 4 aliphatic rings. The third kappa shape index (κ3) is 4.24. The van der Waals surface area contributed by atoms with Crippen LogP contribution in [0.4, 0.5) is 5.69 Å². The van der Waals surface area contributed by atoms with E-state index in [1.165, 1.54) is 54.8 Å². The Hall–Kier alpha value is -1.47. The van der Waals surface area contributed by atoms with E-state index in [0.717, 1.165) is 52.2 Å². The summed E-state index contributed by atoms with van der Waals surface area (Å²) < 4.78 is 12.2. The van der Waals surface area contributed by atoms with Crippen molar-refractivity contribution in [3.8, 4) is 0 Å². The van der Waals surface area contributed by atoms with Gasteiger partial charge in [0, 0.05) is 35.3 Å². The molecule has 6 heteroatoms. The lowest BCUT2D eigenvalue weighted by molar-refractivity contribution is -0.104. The standard InChI is InChI=1S/C27H37N3O2S/c1-4-13-29-25(5-1)26(12-15-32-27(20-26)9-2-3-10-27)11-14-28-17-24-23(8-16-33-24)30-21-6-7-22(30)19-31-18-21/h1,4-5,8,13,16,21-22,28H,2-3,6-7,9-12,14-15,17-20H2. The first-order valence-electron chi connectivity index (χ1n) is 13.0. The molecule has 0 radical (unpaired) electrons. The Morgan fingerprint density at radius 2 is 1.94 bits per heavy atom. The van der Waals surface area contributed by atoms with E-state index < -0.39 is 0 Å². The van der Waals surface area contributed by atoms with Gasteiger partial charge in [-0.05, 0) is 75.1 Å². The zero-order chi connectivity index (χ0) is 22.1. The minimum absolute atomic E-state index is 0.0896. The number of hydrogen-bond acceptors (Lipinski definition) is 6. The number of hydrogen-bond donors (Lipinski definition) is 1. The van der Waals surface area contributed by atoms with Crippen molar-refractivity contribution in [3.63, 3.8) is 0 Å². The molecule has 1 N–H and O–H groups in total. The molecule has 2 aromatic heterocycles. The van der Waals surface area contributed by atoms with E-state index in [0.29, 0.717) is 12.1 Å². The van der Waals surface area contributed by atoms with Crippen molar-refractivity contribution in [3.05, 3.63) is 46.4 Å². The number of ether oxygens (including phenoxy) is 2. The monoisotopic (exact) mass is 467 g/mol. The summed E-state index contributed by atoms with van der Waals surface area (Å²) in [6.45, 7) is 4.60. The maximum Gasteiger partial charge on any atom is 0.0691 e. The normalized spacial score (nSPS) is 30.8. The SMILES string of the molecule is c1ccc(C2(CCNCc3sccc3N3C4CCC3COC4)CCOC3(CCCC3)C2)nc1. The van der Waals surface area contributed by atoms with Gasteiger partial charge in [0.15, 0.2) is 0 Å². The molecule has 2 bridgehead atoms. The number of thiophene rings is 1. The summed E-state index contributed by atoms with van der Waals surface area (Å²) in [6, 6.07) is 9.90. The van der Waals surface area contributed by atoms with Crippen LogP contribution in [0.2, 0.25) is 0 Å². The van der Waals surface area contributed by atoms with Crippen LogP contribution in [-0.2, 0) is 21.4 Å². The summed E-state index contributed by atoms with van der Waals surface area (Å²) in [5.41, 5.74) is 2.92. The third-order valence-electron chi connectivity index (χ3n) is 8.68. The number of morpholine rings is 1. The predicted molar refractivity (Wildman–Crippen MR) is 133 cm³/mol. The molecule has 0 aromatic carbocycles. The van der Waals surface area contributed by atoms with Gasteiger partial charge >= 0.3 is 0 Å². The highest BCUT2D eigenvalue weighted by Gasteiger charge is 2.48. The summed E-state index contributed by atoms with van der Waals surface area (Å²) in [7, 11) is 0. The van der Waals surface area contributed by atoms with Crippen molar-refractivity contribution in [1.29, 1.82) is 0 Å². The van der Waals surface area contributed by atoms with Crippen molar-refractivity contribution >= 4 is 17.0 Å². The van der Waals surface area contributed by atoms with E-state index in [1.54, 1.807) is 0 Å². The molecule has 3 aliphatic heterocycles. The molecular formula is C27H37N3O2S. The van der Waals surface area contributed by atoms with Crippen molar-refractivity contribution in [2.45, 2.75) is 87.4 Å². The van der Waals surface area contributed by atoms with E-state index in [2.05, 4.69) is 33.8 Å². The molecule has 178 valence electrons. The van der Waals surface area contributed by atoms with Gasteiger partial charge in [0.2, 0.25) is 0 Å².